The van der Waals surface area contributed by atoms with E-state index in [1.54, 1.807) is 7.11 Å². The monoisotopic (exact) mass is 323 g/mol. The molecule has 1 aromatic carbocycles. The minimum atomic E-state index is -0.388. The topological polar surface area (TPSA) is 63.2 Å². The molecule has 5 nitrogen and oxygen atoms in total. The van der Waals surface area contributed by atoms with Gasteiger partial charge in [0.1, 0.15) is 5.52 Å². The molecule has 7 heteroatoms. The van der Waals surface area contributed by atoms with Crippen molar-refractivity contribution in [3.8, 4) is 0 Å². The first-order valence-corrected chi connectivity index (χ1v) is 8.08. The molecule has 1 atom stereocenters. The van der Waals surface area contributed by atoms with E-state index in [0.29, 0.717) is 28.5 Å². The molecule has 1 amide bonds. The van der Waals surface area contributed by atoms with Crippen LogP contribution in [-0.4, -0.2) is 31.1 Å². The summed E-state index contributed by atoms with van der Waals surface area (Å²) in [6.07, 6.45) is 1.86. The third-order valence-electron chi connectivity index (χ3n) is 3.72. The lowest BCUT2D eigenvalue weighted by atomic mass is 9.99. The molecule has 2 N–H and O–H groups in total. The number of amides is 1. The van der Waals surface area contributed by atoms with Crippen molar-refractivity contribution >= 4 is 32.6 Å². The van der Waals surface area contributed by atoms with Gasteiger partial charge in [-0.3, -0.25) is 4.79 Å². The van der Waals surface area contributed by atoms with Gasteiger partial charge in [-0.25, -0.2) is 9.37 Å². The van der Waals surface area contributed by atoms with Crippen LogP contribution >= 0.6 is 11.3 Å². The lowest BCUT2D eigenvalue weighted by Gasteiger charge is -2.21. The van der Waals surface area contributed by atoms with Crippen molar-refractivity contribution in [2.24, 2.45) is 5.92 Å². The number of carbonyl (C=O) groups excluding carboxylic acids is 1. The summed E-state index contributed by atoms with van der Waals surface area (Å²) in [5, 5.41) is 6.46. The van der Waals surface area contributed by atoms with Crippen molar-refractivity contribution in [2.75, 3.05) is 25.5 Å². The maximum Gasteiger partial charge on any atom is 0.230 e. The van der Waals surface area contributed by atoms with Crippen LogP contribution in [0.4, 0.5) is 9.52 Å². The number of thiazole rings is 1. The van der Waals surface area contributed by atoms with Crippen LogP contribution in [-0.2, 0) is 16.1 Å². The quantitative estimate of drug-likeness (QED) is 0.907. The number of hydrogen-bond donors (Lipinski definition) is 2. The minimum absolute atomic E-state index is 0.0466. The molecule has 118 valence electrons. The van der Waals surface area contributed by atoms with E-state index in [4.69, 9.17) is 4.74 Å². The summed E-state index contributed by atoms with van der Waals surface area (Å²) < 4.78 is 19.8. The van der Waals surface area contributed by atoms with Gasteiger partial charge in [0, 0.05) is 13.7 Å². The second-order valence-corrected chi connectivity index (χ2v) is 6.44. The second kappa shape index (κ2) is 6.68. The zero-order valence-corrected chi connectivity index (χ0v) is 13.1. The Kier molecular flexibility index (Phi) is 4.66. The zero-order valence-electron chi connectivity index (χ0n) is 12.3. The number of ether oxygens (including phenoxy) is 1. The molecule has 1 aliphatic heterocycles. The maximum atomic E-state index is 14.0. The molecule has 2 heterocycles. The number of rotatable bonds is 4. The van der Waals surface area contributed by atoms with E-state index >= 15 is 0 Å². The number of anilines is 1. The van der Waals surface area contributed by atoms with E-state index < -0.39 is 0 Å². The van der Waals surface area contributed by atoms with Crippen LogP contribution in [0, 0.1) is 11.7 Å². The Balaban J connectivity index is 1.79. The van der Waals surface area contributed by atoms with Gasteiger partial charge >= 0.3 is 0 Å². The minimum Gasteiger partial charge on any atom is -0.380 e. The van der Waals surface area contributed by atoms with Gasteiger partial charge in [0.15, 0.2) is 10.9 Å². The van der Waals surface area contributed by atoms with E-state index in [2.05, 4.69) is 15.6 Å². The third-order valence-corrected chi connectivity index (χ3v) is 4.63. The predicted octanol–water partition coefficient (Wildman–Crippen LogP) is 2.52. The fourth-order valence-corrected chi connectivity index (χ4v) is 3.58. The van der Waals surface area contributed by atoms with Crippen LogP contribution in [0.15, 0.2) is 12.1 Å². The molecule has 22 heavy (non-hydrogen) atoms. The van der Waals surface area contributed by atoms with Crippen molar-refractivity contribution < 1.29 is 13.9 Å². The Morgan fingerprint density at radius 2 is 2.45 bits per heavy atom. The van der Waals surface area contributed by atoms with E-state index in [1.165, 1.54) is 17.4 Å². The molecule has 0 bridgehead atoms. The largest absolute Gasteiger partial charge is 0.380 e. The van der Waals surface area contributed by atoms with Gasteiger partial charge < -0.3 is 15.4 Å². The van der Waals surface area contributed by atoms with Crippen LogP contribution in [0.2, 0.25) is 0 Å². The van der Waals surface area contributed by atoms with Crippen molar-refractivity contribution in [2.45, 2.75) is 19.4 Å². The SMILES string of the molecule is COCc1cc(F)c2nc(NC(=O)C3CCCNC3)sc2c1. The standard InChI is InChI=1S/C15H18FN3O2S/c1-21-8-9-5-11(16)13-12(6-9)22-15(18-13)19-14(20)10-3-2-4-17-7-10/h5-6,10,17H,2-4,7-8H2,1H3,(H,18,19,20). The molecule has 0 spiro atoms. The number of piperidine rings is 1. The first-order chi connectivity index (χ1) is 10.7. The van der Waals surface area contributed by atoms with Gasteiger partial charge in [-0.1, -0.05) is 11.3 Å². The van der Waals surface area contributed by atoms with Crippen LogP contribution in [0.25, 0.3) is 10.2 Å². The zero-order chi connectivity index (χ0) is 15.5. The van der Waals surface area contributed by atoms with Crippen LogP contribution in [0.3, 0.4) is 0 Å². The number of nitrogens with zero attached hydrogens (tertiary/aromatic N) is 1. The number of carbonyl (C=O) groups is 1. The number of aromatic nitrogens is 1. The number of methoxy groups -OCH3 is 1. The fourth-order valence-electron chi connectivity index (χ4n) is 2.63. The van der Waals surface area contributed by atoms with E-state index in [-0.39, 0.29) is 17.6 Å². The summed E-state index contributed by atoms with van der Waals surface area (Å²) in [5.41, 5.74) is 1.05. The van der Waals surface area contributed by atoms with Crippen LogP contribution < -0.4 is 10.6 Å². The lowest BCUT2D eigenvalue weighted by molar-refractivity contribution is -0.120. The summed E-state index contributed by atoms with van der Waals surface area (Å²) in [6.45, 7) is 1.99. The smallest absolute Gasteiger partial charge is 0.230 e. The highest BCUT2D eigenvalue weighted by Crippen LogP contribution is 2.29. The normalized spacial score (nSPS) is 18.5. The number of halogens is 1. The maximum absolute atomic E-state index is 14.0. The van der Waals surface area contributed by atoms with Crippen molar-refractivity contribution in [1.29, 1.82) is 0 Å². The van der Waals surface area contributed by atoms with E-state index in [9.17, 15) is 9.18 Å². The van der Waals surface area contributed by atoms with E-state index in [1.807, 2.05) is 6.07 Å². The van der Waals surface area contributed by atoms with E-state index in [0.717, 1.165) is 24.9 Å². The molecule has 0 aliphatic carbocycles. The molecule has 1 saturated heterocycles. The molecule has 2 aromatic rings. The van der Waals surface area contributed by atoms with Crippen molar-refractivity contribution in [1.82, 2.24) is 10.3 Å². The van der Waals surface area contributed by atoms with Gasteiger partial charge in [-0.15, -0.1) is 0 Å². The van der Waals surface area contributed by atoms with Crippen LogP contribution in [0.5, 0.6) is 0 Å². The van der Waals surface area contributed by atoms with Crippen molar-refractivity contribution in [3.63, 3.8) is 0 Å². The van der Waals surface area contributed by atoms with Gasteiger partial charge in [-0.05, 0) is 37.1 Å². The van der Waals surface area contributed by atoms with Gasteiger partial charge in [-0.2, -0.15) is 0 Å². The van der Waals surface area contributed by atoms with Gasteiger partial charge in [0.2, 0.25) is 5.91 Å². The molecule has 3 rings (SSSR count). The Hall–Kier alpha value is -1.57. The molecule has 0 radical (unpaired) electrons. The summed E-state index contributed by atoms with van der Waals surface area (Å²) in [6, 6.07) is 3.26. The Labute approximate surface area is 131 Å². The van der Waals surface area contributed by atoms with Gasteiger partial charge in [0.05, 0.1) is 17.2 Å². The first-order valence-electron chi connectivity index (χ1n) is 7.27. The molecule has 0 saturated carbocycles. The lowest BCUT2D eigenvalue weighted by Crippen LogP contribution is -2.37. The number of nitrogens with one attached hydrogen (secondary N) is 2. The molecule has 1 fully saturated rings. The summed E-state index contributed by atoms with van der Waals surface area (Å²) in [5.74, 6) is -0.487. The highest BCUT2D eigenvalue weighted by molar-refractivity contribution is 7.22. The summed E-state index contributed by atoms with van der Waals surface area (Å²) in [4.78, 5) is 16.4. The fraction of sp³-hybridized carbons (Fsp3) is 0.467. The Morgan fingerprint density at radius 1 is 1.59 bits per heavy atom. The summed E-state index contributed by atoms with van der Waals surface area (Å²) >= 11 is 1.28. The molecule has 1 unspecified atom stereocenters. The third kappa shape index (κ3) is 3.26. The molecule has 1 aromatic heterocycles. The average molecular weight is 323 g/mol. The Bertz CT molecular complexity index is 683. The van der Waals surface area contributed by atoms with Crippen molar-refractivity contribution in [3.05, 3.63) is 23.5 Å². The first kappa shape index (κ1) is 15.3. The highest BCUT2D eigenvalue weighted by Gasteiger charge is 2.22. The molecular formula is C15H18FN3O2S. The Morgan fingerprint density at radius 3 is 3.18 bits per heavy atom. The van der Waals surface area contributed by atoms with Crippen LogP contribution in [0.1, 0.15) is 18.4 Å². The number of fused-ring (bicyclic) bond motifs is 1. The molecular weight excluding hydrogens is 305 g/mol. The predicted molar refractivity (Wildman–Crippen MR) is 84.5 cm³/mol. The number of benzene rings is 1. The summed E-state index contributed by atoms with van der Waals surface area (Å²) in [7, 11) is 1.57. The number of hydrogen-bond acceptors (Lipinski definition) is 5. The average Bonchev–Trinajstić information content (AvgIpc) is 2.91. The molecule has 1 aliphatic rings. The second-order valence-electron chi connectivity index (χ2n) is 5.41. The van der Waals surface area contributed by atoms with Gasteiger partial charge in [0.25, 0.3) is 0 Å². The highest BCUT2D eigenvalue weighted by atomic mass is 32.1.